The molecule has 8 heteroatoms. The summed E-state index contributed by atoms with van der Waals surface area (Å²) in [5, 5.41) is 9.13. The van der Waals surface area contributed by atoms with Crippen LogP contribution >= 0.6 is 0 Å². The summed E-state index contributed by atoms with van der Waals surface area (Å²) in [7, 11) is 0. The highest BCUT2D eigenvalue weighted by atomic mass is 16.2. The Bertz CT molecular complexity index is 1120. The zero-order valence-electron chi connectivity index (χ0n) is 18.0. The Balaban J connectivity index is 1.49. The number of benzene rings is 2. The smallest absolute Gasteiger partial charge is 0.268 e. The zero-order chi connectivity index (χ0) is 23.2. The third kappa shape index (κ3) is 5.46. The van der Waals surface area contributed by atoms with Crippen LogP contribution in [0, 0.1) is 5.92 Å². The van der Waals surface area contributed by atoms with Gasteiger partial charge in [-0.05, 0) is 30.5 Å². The van der Waals surface area contributed by atoms with Gasteiger partial charge in [-0.3, -0.25) is 14.4 Å². The van der Waals surface area contributed by atoms with Gasteiger partial charge >= 0.3 is 0 Å². The number of aromatic nitrogens is 1. The monoisotopic (exact) mass is 446 g/mol. The lowest BCUT2D eigenvalue weighted by Gasteiger charge is -2.22. The van der Waals surface area contributed by atoms with E-state index < -0.39 is 23.9 Å². The van der Waals surface area contributed by atoms with Gasteiger partial charge in [0.2, 0.25) is 11.8 Å². The summed E-state index contributed by atoms with van der Waals surface area (Å²) >= 11 is 0. The van der Waals surface area contributed by atoms with E-state index in [2.05, 4.69) is 20.9 Å². The van der Waals surface area contributed by atoms with Crippen molar-refractivity contribution in [1.29, 1.82) is 0 Å². The Kier molecular flexibility index (Phi) is 6.83. The molecular weight excluding hydrogens is 420 g/mol. The SMILES string of the molecule is O=C[C@H](CC1CCNC1=O)NC(=O)[C@H](Cc1ccccc1)NC(=O)c1cc2ccccc2[nH]1. The highest BCUT2D eigenvalue weighted by Gasteiger charge is 2.30. The molecule has 2 heterocycles. The summed E-state index contributed by atoms with van der Waals surface area (Å²) < 4.78 is 0. The Morgan fingerprint density at radius 3 is 2.52 bits per heavy atom. The summed E-state index contributed by atoms with van der Waals surface area (Å²) in [5.74, 6) is -1.31. The number of hydrogen-bond acceptors (Lipinski definition) is 4. The van der Waals surface area contributed by atoms with Gasteiger partial charge in [0.05, 0.1) is 6.04 Å². The Morgan fingerprint density at radius 2 is 1.82 bits per heavy atom. The number of carbonyl (C=O) groups is 4. The van der Waals surface area contributed by atoms with Crippen LogP contribution in [-0.2, 0) is 20.8 Å². The molecule has 0 bridgehead atoms. The zero-order valence-corrected chi connectivity index (χ0v) is 18.0. The van der Waals surface area contributed by atoms with E-state index in [1.54, 1.807) is 6.07 Å². The molecule has 170 valence electrons. The van der Waals surface area contributed by atoms with E-state index >= 15 is 0 Å². The van der Waals surface area contributed by atoms with E-state index in [4.69, 9.17) is 0 Å². The molecule has 1 aliphatic rings. The topological polar surface area (TPSA) is 120 Å². The number of H-pyrrole nitrogens is 1. The lowest BCUT2D eigenvalue weighted by Crippen LogP contribution is -2.51. The fourth-order valence-electron chi connectivity index (χ4n) is 4.10. The predicted octanol–water partition coefficient (Wildman–Crippen LogP) is 1.72. The van der Waals surface area contributed by atoms with Gasteiger partial charge in [-0.15, -0.1) is 0 Å². The van der Waals surface area contributed by atoms with Crippen molar-refractivity contribution in [1.82, 2.24) is 20.9 Å². The molecule has 0 radical (unpaired) electrons. The summed E-state index contributed by atoms with van der Waals surface area (Å²) in [4.78, 5) is 52.6. The molecule has 8 nitrogen and oxygen atoms in total. The molecule has 1 aliphatic heterocycles. The number of aromatic amines is 1. The second-order valence-electron chi connectivity index (χ2n) is 8.25. The average Bonchev–Trinajstić information content (AvgIpc) is 3.44. The van der Waals surface area contributed by atoms with E-state index in [-0.39, 0.29) is 24.7 Å². The third-order valence-corrected chi connectivity index (χ3v) is 5.87. The lowest BCUT2D eigenvalue weighted by molar-refractivity contribution is -0.127. The molecule has 4 N–H and O–H groups in total. The minimum atomic E-state index is -0.897. The van der Waals surface area contributed by atoms with Crippen molar-refractivity contribution in [3.63, 3.8) is 0 Å². The molecular formula is C25H26N4O4. The number of nitrogens with one attached hydrogen (secondary N) is 4. The minimum Gasteiger partial charge on any atom is -0.356 e. The van der Waals surface area contributed by atoms with Gasteiger partial charge in [0, 0.05) is 29.8 Å². The number of fused-ring (bicyclic) bond motifs is 1. The third-order valence-electron chi connectivity index (χ3n) is 5.87. The fourth-order valence-corrected chi connectivity index (χ4v) is 4.10. The second-order valence-corrected chi connectivity index (χ2v) is 8.25. The maximum atomic E-state index is 13.1. The first-order valence-corrected chi connectivity index (χ1v) is 11.0. The molecule has 0 aliphatic carbocycles. The summed E-state index contributed by atoms with van der Waals surface area (Å²) in [6.07, 6.45) is 1.76. The van der Waals surface area contributed by atoms with Crippen molar-refractivity contribution in [2.75, 3.05) is 6.54 Å². The summed E-state index contributed by atoms with van der Waals surface area (Å²) in [5.41, 5.74) is 2.03. The first-order valence-electron chi connectivity index (χ1n) is 11.0. The maximum Gasteiger partial charge on any atom is 0.268 e. The molecule has 0 spiro atoms. The summed E-state index contributed by atoms with van der Waals surface area (Å²) in [6.45, 7) is 0.570. The second kappa shape index (κ2) is 10.1. The van der Waals surface area contributed by atoms with Crippen LogP contribution in [0.15, 0.2) is 60.7 Å². The maximum absolute atomic E-state index is 13.1. The number of rotatable bonds is 9. The van der Waals surface area contributed by atoms with Gasteiger partial charge in [0.25, 0.3) is 5.91 Å². The molecule has 3 aromatic rings. The molecule has 1 unspecified atom stereocenters. The van der Waals surface area contributed by atoms with Crippen molar-refractivity contribution in [2.45, 2.75) is 31.3 Å². The van der Waals surface area contributed by atoms with Crippen molar-refractivity contribution in [3.05, 3.63) is 71.9 Å². The highest BCUT2D eigenvalue weighted by Crippen LogP contribution is 2.17. The van der Waals surface area contributed by atoms with Gasteiger partial charge in [-0.25, -0.2) is 0 Å². The summed E-state index contributed by atoms with van der Waals surface area (Å²) in [6, 6.07) is 16.9. The number of aldehydes is 1. The number of hydrogen-bond donors (Lipinski definition) is 4. The molecule has 1 aromatic heterocycles. The Hall–Kier alpha value is -3.94. The van der Waals surface area contributed by atoms with Crippen LogP contribution in [0.1, 0.15) is 28.9 Å². The van der Waals surface area contributed by atoms with Crippen LogP contribution in [0.4, 0.5) is 0 Å². The molecule has 1 saturated heterocycles. The number of carbonyl (C=O) groups excluding carboxylic acids is 4. The molecule has 0 saturated carbocycles. The van der Waals surface area contributed by atoms with E-state index in [1.165, 1.54) is 0 Å². The van der Waals surface area contributed by atoms with Crippen molar-refractivity contribution in [3.8, 4) is 0 Å². The first-order chi connectivity index (χ1) is 16.0. The molecule has 4 rings (SSSR count). The van der Waals surface area contributed by atoms with Gasteiger partial charge < -0.3 is 25.7 Å². The number of para-hydroxylation sites is 1. The van der Waals surface area contributed by atoms with Crippen molar-refractivity contribution in [2.24, 2.45) is 5.92 Å². The molecule has 1 fully saturated rings. The molecule has 3 amide bonds. The van der Waals surface area contributed by atoms with Crippen LogP contribution in [0.25, 0.3) is 10.9 Å². The van der Waals surface area contributed by atoms with E-state index in [9.17, 15) is 19.2 Å². The normalized spacial score (nSPS) is 17.2. The van der Waals surface area contributed by atoms with E-state index in [0.717, 1.165) is 16.5 Å². The van der Waals surface area contributed by atoms with Crippen LogP contribution in [0.2, 0.25) is 0 Å². The van der Waals surface area contributed by atoms with Gasteiger partial charge in [-0.1, -0.05) is 48.5 Å². The van der Waals surface area contributed by atoms with Gasteiger partial charge in [-0.2, -0.15) is 0 Å². The van der Waals surface area contributed by atoms with Gasteiger partial charge in [0.15, 0.2) is 0 Å². The van der Waals surface area contributed by atoms with E-state index in [1.807, 2.05) is 54.6 Å². The standard InChI is InChI=1S/C25H26N4O4/c30-15-19(13-18-10-11-26-23(18)31)27-24(32)21(12-16-6-2-1-3-7-16)29-25(33)22-14-17-8-4-5-9-20(17)28-22/h1-9,14-15,18-19,21,28H,10-13H2,(H,26,31)(H,27,32)(H,29,33)/t18?,19-,21-/m0/s1. The number of amides is 3. The largest absolute Gasteiger partial charge is 0.356 e. The minimum absolute atomic E-state index is 0.107. The Morgan fingerprint density at radius 1 is 1.06 bits per heavy atom. The molecule has 2 aromatic carbocycles. The highest BCUT2D eigenvalue weighted by molar-refractivity contribution is 6.00. The van der Waals surface area contributed by atoms with Crippen LogP contribution < -0.4 is 16.0 Å². The fraction of sp³-hybridized carbons (Fsp3) is 0.280. The lowest BCUT2D eigenvalue weighted by atomic mass is 9.98. The molecule has 33 heavy (non-hydrogen) atoms. The van der Waals surface area contributed by atoms with Crippen LogP contribution in [0.5, 0.6) is 0 Å². The van der Waals surface area contributed by atoms with Crippen LogP contribution in [-0.4, -0.2) is 47.6 Å². The van der Waals surface area contributed by atoms with Crippen molar-refractivity contribution >= 4 is 34.9 Å². The van der Waals surface area contributed by atoms with Crippen molar-refractivity contribution < 1.29 is 19.2 Å². The van der Waals surface area contributed by atoms with E-state index in [0.29, 0.717) is 24.9 Å². The predicted molar refractivity (Wildman–Crippen MR) is 123 cm³/mol. The first kappa shape index (κ1) is 22.3. The van der Waals surface area contributed by atoms with Crippen LogP contribution in [0.3, 0.4) is 0 Å². The average molecular weight is 447 g/mol. The Labute approximate surface area is 191 Å². The van der Waals surface area contributed by atoms with Gasteiger partial charge in [0.1, 0.15) is 18.0 Å². The molecule has 3 atom stereocenters. The quantitative estimate of drug-likeness (QED) is 0.374.